The van der Waals surface area contributed by atoms with Gasteiger partial charge in [-0.1, -0.05) is 0 Å². The summed E-state index contributed by atoms with van der Waals surface area (Å²) in [4.78, 5) is 22.3. The minimum Gasteiger partial charge on any atom is -0.383 e. The molecule has 0 aliphatic heterocycles. The number of ether oxygens (including phenoxy) is 1. The molecule has 0 fully saturated rings. The van der Waals surface area contributed by atoms with Gasteiger partial charge >= 0.3 is 0 Å². The summed E-state index contributed by atoms with van der Waals surface area (Å²) in [5.74, 6) is -0.342. The highest BCUT2D eigenvalue weighted by molar-refractivity contribution is 5.91. The molecule has 0 saturated carbocycles. The Hall–Kier alpha value is -1.73. The molecule has 0 aliphatic rings. The number of aromatic nitrogens is 2. The summed E-state index contributed by atoms with van der Waals surface area (Å²) in [7, 11) is 1.57. The molecule has 17 heavy (non-hydrogen) atoms. The third-order valence-electron chi connectivity index (χ3n) is 2.09. The molecule has 0 spiro atoms. The molecule has 1 rings (SSSR count). The number of nitrogens with zero attached hydrogens (tertiary/aromatic N) is 1. The van der Waals surface area contributed by atoms with Crippen molar-refractivity contribution in [3.8, 4) is 0 Å². The highest BCUT2D eigenvalue weighted by Crippen LogP contribution is 1.91. The van der Waals surface area contributed by atoms with E-state index in [0.717, 1.165) is 0 Å². The van der Waals surface area contributed by atoms with E-state index in [0.29, 0.717) is 19.6 Å². The molecule has 0 aromatic carbocycles. The van der Waals surface area contributed by atoms with E-state index in [1.807, 2.05) is 0 Å². The van der Waals surface area contributed by atoms with Crippen molar-refractivity contribution < 1.29 is 9.53 Å². The van der Waals surface area contributed by atoms with Gasteiger partial charge in [0.1, 0.15) is 5.69 Å². The fraction of sp³-hybridized carbons (Fsp3) is 0.500. The maximum absolute atomic E-state index is 11.5. The van der Waals surface area contributed by atoms with E-state index in [4.69, 9.17) is 10.5 Å². The van der Waals surface area contributed by atoms with Gasteiger partial charge < -0.3 is 15.8 Å². The standard InChI is InChI=1S/C10H16N4O3/c1-17-6-7(11)4-5-12-10(16)8-2-3-9(15)14-13-8/h2-3,7H,4-6,11H2,1H3,(H,12,16)(H,14,15). The summed E-state index contributed by atoms with van der Waals surface area (Å²) >= 11 is 0. The Morgan fingerprint density at radius 1 is 1.65 bits per heavy atom. The van der Waals surface area contributed by atoms with Crippen molar-refractivity contribution >= 4 is 5.91 Å². The topological polar surface area (TPSA) is 110 Å². The molecule has 94 valence electrons. The average Bonchev–Trinajstić information content (AvgIpc) is 2.30. The van der Waals surface area contributed by atoms with E-state index in [2.05, 4.69) is 15.5 Å². The quantitative estimate of drug-likeness (QED) is 0.582. The van der Waals surface area contributed by atoms with Crippen LogP contribution >= 0.6 is 0 Å². The van der Waals surface area contributed by atoms with Crippen LogP contribution in [0.2, 0.25) is 0 Å². The van der Waals surface area contributed by atoms with Crippen molar-refractivity contribution in [2.45, 2.75) is 12.5 Å². The molecule has 1 unspecified atom stereocenters. The van der Waals surface area contributed by atoms with Gasteiger partial charge in [0.15, 0.2) is 0 Å². The second kappa shape index (κ2) is 6.77. The van der Waals surface area contributed by atoms with E-state index in [9.17, 15) is 9.59 Å². The lowest BCUT2D eigenvalue weighted by Crippen LogP contribution is -2.33. The van der Waals surface area contributed by atoms with Crippen LogP contribution < -0.4 is 16.6 Å². The third-order valence-corrected chi connectivity index (χ3v) is 2.09. The second-order valence-electron chi connectivity index (χ2n) is 3.57. The number of H-pyrrole nitrogens is 1. The normalized spacial score (nSPS) is 12.1. The number of rotatable bonds is 6. The van der Waals surface area contributed by atoms with Crippen molar-refractivity contribution in [1.82, 2.24) is 15.5 Å². The molecule has 0 aliphatic carbocycles. The highest BCUT2D eigenvalue weighted by Gasteiger charge is 2.07. The molecule has 1 heterocycles. The summed E-state index contributed by atoms with van der Waals surface area (Å²) in [5, 5.41) is 8.44. The molecule has 0 saturated heterocycles. The van der Waals surface area contributed by atoms with Crippen molar-refractivity contribution in [1.29, 1.82) is 0 Å². The molecule has 7 nitrogen and oxygen atoms in total. The first-order valence-electron chi connectivity index (χ1n) is 5.22. The van der Waals surface area contributed by atoms with E-state index < -0.39 is 0 Å². The molecule has 1 aromatic rings. The van der Waals surface area contributed by atoms with Crippen molar-refractivity contribution in [3.63, 3.8) is 0 Å². The lowest BCUT2D eigenvalue weighted by Gasteiger charge is -2.10. The van der Waals surface area contributed by atoms with Crippen LogP contribution in [-0.2, 0) is 4.74 Å². The zero-order valence-corrected chi connectivity index (χ0v) is 9.60. The molecule has 0 bridgehead atoms. The number of methoxy groups -OCH3 is 1. The van der Waals surface area contributed by atoms with Crippen LogP contribution in [0.15, 0.2) is 16.9 Å². The molecule has 1 amide bonds. The van der Waals surface area contributed by atoms with Gasteiger partial charge in [-0.2, -0.15) is 5.10 Å². The van der Waals surface area contributed by atoms with Crippen LogP contribution in [0.25, 0.3) is 0 Å². The zero-order chi connectivity index (χ0) is 12.7. The molecule has 1 atom stereocenters. The molecule has 7 heteroatoms. The minimum absolute atomic E-state index is 0.108. The van der Waals surface area contributed by atoms with Gasteiger partial charge in [-0.15, -0.1) is 0 Å². The van der Waals surface area contributed by atoms with Crippen molar-refractivity contribution in [2.24, 2.45) is 5.73 Å². The van der Waals surface area contributed by atoms with Gasteiger partial charge in [0.05, 0.1) is 6.61 Å². The summed E-state index contributed by atoms with van der Waals surface area (Å²) < 4.78 is 4.87. The van der Waals surface area contributed by atoms with E-state index in [1.54, 1.807) is 7.11 Å². The lowest BCUT2D eigenvalue weighted by molar-refractivity contribution is 0.0944. The number of hydrogen-bond acceptors (Lipinski definition) is 5. The summed E-state index contributed by atoms with van der Waals surface area (Å²) in [5.41, 5.74) is 5.52. The van der Waals surface area contributed by atoms with Crippen molar-refractivity contribution in [2.75, 3.05) is 20.3 Å². The van der Waals surface area contributed by atoms with Gasteiger partial charge in [0.2, 0.25) is 0 Å². The average molecular weight is 240 g/mol. The lowest BCUT2D eigenvalue weighted by atomic mass is 10.2. The maximum atomic E-state index is 11.5. The number of aromatic amines is 1. The van der Waals surface area contributed by atoms with Crippen LogP contribution in [0.5, 0.6) is 0 Å². The minimum atomic E-state index is -0.344. The first-order chi connectivity index (χ1) is 8.13. The first kappa shape index (κ1) is 13.3. The van der Waals surface area contributed by atoms with E-state index in [1.165, 1.54) is 12.1 Å². The van der Waals surface area contributed by atoms with Crippen LogP contribution in [-0.4, -0.2) is 42.4 Å². The predicted molar refractivity (Wildman–Crippen MR) is 61.7 cm³/mol. The summed E-state index contributed by atoms with van der Waals surface area (Å²) in [6.45, 7) is 0.886. The molecule has 4 N–H and O–H groups in total. The van der Waals surface area contributed by atoms with Gasteiger partial charge in [-0.3, -0.25) is 9.59 Å². The van der Waals surface area contributed by atoms with Gasteiger partial charge in [0, 0.05) is 25.8 Å². The Morgan fingerprint density at radius 2 is 2.41 bits per heavy atom. The van der Waals surface area contributed by atoms with Gasteiger partial charge in [-0.05, 0) is 12.5 Å². The number of nitrogens with two attached hydrogens (primary N) is 1. The number of nitrogens with one attached hydrogen (secondary N) is 2. The molecular weight excluding hydrogens is 224 g/mol. The fourth-order valence-corrected chi connectivity index (χ4v) is 1.23. The number of carbonyl (C=O) groups excluding carboxylic acids is 1. The first-order valence-corrected chi connectivity index (χ1v) is 5.22. The van der Waals surface area contributed by atoms with E-state index in [-0.39, 0.29) is 23.2 Å². The Bertz CT molecular complexity index is 398. The van der Waals surface area contributed by atoms with Crippen LogP contribution in [0.1, 0.15) is 16.9 Å². The number of hydrogen-bond donors (Lipinski definition) is 3. The third kappa shape index (κ3) is 4.75. The fourth-order valence-electron chi connectivity index (χ4n) is 1.23. The SMILES string of the molecule is COCC(N)CCNC(=O)c1ccc(=O)[nH]n1. The monoisotopic (exact) mass is 240 g/mol. The van der Waals surface area contributed by atoms with E-state index >= 15 is 0 Å². The van der Waals surface area contributed by atoms with Gasteiger partial charge in [-0.25, -0.2) is 5.10 Å². The van der Waals surface area contributed by atoms with Crippen LogP contribution in [0, 0.1) is 0 Å². The van der Waals surface area contributed by atoms with Crippen LogP contribution in [0.4, 0.5) is 0 Å². The number of amides is 1. The van der Waals surface area contributed by atoms with Crippen LogP contribution in [0.3, 0.4) is 0 Å². The Kier molecular flexibility index (Phi) is 5.31. The molecular formula is C10H16N4O3. The smallest absolute Gasteiger partial charge is 0.271 e. The largest absolute Gasteiger partial charge is 0.383 e. The zero-order valence-electron chi connectivity index (χ0n) is 9.60. The highest BCUT2D eigenvalue weighted by atomic mass is 16.5. The Morgan fingerprint density at radius 3 is 3.00 bits per heavy atom. The predicted octanol–water partition coefficient (Wildman–Crippen LogP) is -1.14. The second-order valence-corrected chi connectivity index (χ2v) is 3.57. The molecule has 0 radical (unpaired) electrons. The Balaban J connectivity index is 2.35. The van der Waals surface area contributed by atoms with Gasteiger partial charge in [0.25, 0.3) is 11.5 Å². The molecule has 1 aromatic heterocycles. The summed E-state index contributed by atoms with van der Waals surface area (Å²) in [6.07, 6.45) is 0.614. The number of carbonyl (C=O) groups is 1. The summed E-state index contributed by atoms with van der Waals surface area (Å²) in [6, 6.07) is 2.51. The maximum Gasteiger partial charge on any atom is 0.271 e. The Labute approximate surface area is 98.4 Å². The van der Waals surface area contributed by atoms with Crippen molar-refractivity contribution in [3.05, 3.63) is 28.2 Å².